The van der Waals surface area contributed by atoms with Gasteiger partial charge >= 0.3 is 11.9 Å². The third-order valence-electron chi connectivity index (χ3n) is 7.55. The summed E-state index contributed by atoms with van der Waals surface area (Å²) in [5.74, 6) is -0.830. The average molecular weight is 595 g/mol. The van der Waals surface area contributed by atoms with Gasteiger partial charge in [-0.25, -0.2) is 9.59 Å². The Kier molecular flexibility index (Phi) is 10.6. The molecule has 2 aromatic carbocycles. The molecule has 2 heterocycles. The third kappa shape index (κ3) is 7.51. The minimum Gasteiger partial charge on any atom is -0.462 e. The van der Waals surface area contributed by atoms with Crippen LogP contribution in [0.4, 0.5) is 11.4 Å². The Morgan fingerprint density at radius 3 is 1.98 bits per heavy atom. The minimum absolute atomic E-state index is 0.104. The summed E-state index contributed by atoms with van der Waals surface area (Å²) in [4.78, 5) is 56.6. The van der Waals surface area contributed by atoms with Crippen LogP contribution in [-0.4, -0.2) is 84.1 Å². The first-order valence-corrected chi connectivity index (χ1v) is 14.8. The number of rotatable bonds is 11. The molecule has 2 aliphatic rings. The number of hydrogen-bond donors (Lipinski definition) is 1. The van der Waals surface area contributed by atoms with Gasteiger partial charge in [-0.3, -0.25) is 14.5 Å². The summed E-state index contributed by atoms with van der Waals surface area (Å²) in [7, 11) is 0. The van der Waals surface area contributed by atoms with Gasteiger partial charge < -0.3 is 24.6 Å². The minimum atomic E-state index is -0.787. The van der Waals surface area contributed by atoms with Gasteiger partial charge in [0.05, 0.1) is 36.4 Å². The summed E-state index contributed by atoms with van der Waals surface area (Å²) in [5.41, 5.74) is 1.78. The van der Waals surface area contributed by atoms with Crippen molar-refractivity contribution in [2.45, 2.75) is 46.1 Å². The molecule has 1 atom stereocenters. The highest BCUT2D eigenvalue weighted by Gasteiger charge is 2.44. The molecule has 2 aromatic rings. The lowest BCUT2D eigenvalue weighted by molar-refractivity contribution is -0.124. The first-order chi connectivity index (χ1) is 20.2. The van der Waals surface area contributed by atoms with Gasteiger partial charge in [-0.15, -0.1) is 0 Å². The van der Waals surface area contributed by atoms with Crippen molar-refractivity contribution in [3.63, 3.8) is 0 Å². The van der Waals surface area contributed by atoms with Crippen molar-refractivity contribution in [1.82, 2.24) is 9.80 Å². The van der Waals surface area contributed by atoms with Crippen molar-refractivity contribution in [3.8, 4) is 0 Å². The topological polar surface area (TPSA) is 108 Å². The number of piperidine rings is 1. The van der Waals surface area contributed by atoms with E-state index in [-0.39, 0.29) is 31.4 Å². The predicted molar refractivity (Wildman–Crippen MR) is 163 cm³/mol. The standard InChI is InChI=1S/C31H38N4O6S/c1-4-40-29(38)22-6-10-24(11-7-22)32-27(36)20-26-28(37)35(25-12-8-23(9-13-25)30(39)41-5-2)31(42)34(26)19-18-33-16-14-21(3)15-17-33/h6-13,21,26H,4-5,14-20H2,1-3H3,(H,32,36). The molecule has 1 N–H and O–H groups in total. The van der Waals surface area contributed by atoms with Gasteiger partial charge in [0.25, 0.3) is 5.91 Å². The number of carbonyl (C=O) groups is 4. The van der Waals surface area contributed by atoms with Crippen LogP contribution in [0, 0.1) is 5.92 Å². The Labute approximate surface area is 251 Å². The van der Waals surface area contributed by atoms with Crippen LogP contribution in [-0.2, 0) is 19.1 Å². The molecule has 2 aliphatic heterocycles. The second kappa shape index (κ2) is 14.4. The second-order valence-corrected chi connectivity index (χ2v) is 10.9. The van der Waals surface area contributed by atoms with E-state index in [1.54, 1.807) is 62.4 Å². The number of benzene rings is 2. The van der Waals surface area contributed by atoms with Crippen molar-refractivity contribution in [2.75, 3.05) is 49.6 Å². The van der Waals surface area contributed by atoms with Crippen LogP contribution < -0.4 is 10.2 Å². The number of amides is 2. The molecule has 42 heavy (non-hydrogen) atoms. The molecular weight excluding hydrogens is 556 g/mol. The van der Waals surface area contributed by atoms with E-state index >= 15 is 0 Å². The lowest BCUT2D eigenvalue weighted by Gasteiger charge is -2.32. The molecule has 1 unspecified atom stereocenters. The monoisotopic (exact) mass is 594 g/mol. The highest BCUT2D eigenvalue weighted by atomic mass is 32.1. The molecule has 0 spiro atoms. The number of nitrogens with zero attached hydrogens (tertiary/aromatic N) is 3. The number of esters is 2. The Balaban J connectivity index is 1.49. The zero-order chi connectivity index (χ0) is 30.2. The maximum atomic E-state index is 13.8. The van der Waals surface area contributed by atoms with Gasteiger partial charge in [0, 0.05) is 18.8 Å². The highest BCUT2D eigenvalue weighted by molar-refractivity contribution is 7.80. The molecule has 2 amide bonds. The normalized spacial score (nSPS) is 17.8. The molecular formula is C31H38N4O6S. The molecule has 2 fully saturated rings. The van der Waals surface area contributed by atoms with E-state index in [2.05, 4.69) is 17.1 Å². The maximum Gasteiger partial charge on any atom is 0.338 e. The van der Waals surface area contributed by atoms with Crippen LogP contribution in [0.5, 0.6) is 0 Å². The summed E-state index contributed by atoms with van der Waals surface area (Å²) < 4.78 is 10.1. The molecule has 0 saturated carbocycles. The van der Waals surface area contributed by atoms with E-state index in [4.69, 9.17) is 21.7 Å². The predicted octanol–water partition coefficient (Wildman–Crippen LogP) is 4.10. The van der Waals surface area contributed by atoms with Gasteiger partial charge in [-0.05, 0) is 106 Å². The van der Waals surface area contributed by atoms with Crippen LogP contribution in [0.2, 0.25) is 0 Å². The molecule has 224 valence electrons. The summed E-state index contributed by atoms with van der Waals surface area (Å²) in [6.45, 7) is 9.47. The van der Waals surface area contributed by atoms with Crippen LogP contribution >= 0.6 is 12.2 Å². The Morgan fingerprint density at radius 1 is 0.881 bits per heavy atom. The number of anilines is 2. The molecule has 4 rings (SSSR count). The van der Waals surface area contributed by atoms with Crippen molar-refractivity contribution >= 4 is 52.5 Å². The van der Waals surface area contributed by atoms with Crippen LogP contribution in [0.25, 0.3) is 0 Å². The van der Waals surface area contributed by atoms with Crippen molar-refractivity contribution in [1.29, 1.82) is 0 Å². The Bertz CT molecular complexity index is 1290. The van der Waals surface area contributed by atoms with E-state index in [1.165, 1.54) is 4.90 Å². The molecule has 0 bridgehead atoms. The van der Waals surface area contributed by atoms with Crippen LogP contribution in [0.15, 0.2) is 48.5 Å². The van der Waals surface area contributed by atoms with E-state index in [0.717, 1.165) is 32.5 Å². The molecule has 0 aliphatic carbocycles. The number of likely N-dealkylation sites (tertiary alicyclic amines) is 1. The number of thiocarbonyl (C=S) groups is 1. The van der Waals surface area contributed by atoms with Gasteiger partial charge in [-0.2, -0.15) is 0 Å². The fraction of sp³-hybridized carbons (Fsp3) is 0.452. The number of ether oxygens (including phenoxy) is 2. The first kappa shape index (κ1) is 31.1. The number of hydrogen-bond acceptors (Lipinski definition) is 8. The van der Waals surface area contributed by atoms with E-state index in [9.17, 15) is 19.2 Å². The molecule has 0 aromatic heterocycles. The third-order valence-corrected chi connectivity index (χ3v) is 7.96. The lowest BCUT2D eigenvalue weighted by atomic mass is 9.99. The van der Waals surface area contributed by atoms with Gasteiger partial charge in [0.2, 0.25) is 5.91 Å². The Hall–Kier alpha value is -3.83. The van der Waals surface area contributed by atoms with E-state index in [0.29, 0.717) is 40.1 Å². The molecule has 11 heteroatoms. The number of nitrogens with one attached hydrogen (secondary N) is 1. The van der Waals surface area contributed by atoms with Crippen molar-refractivity contribution < 1.29 is 28.7 Å². The lowest BCUT2D eigenvalue weighted by Crippen LogP contribution is -2.44. The zero-order valence-electron chi connectivity index (χ0n) is 24.3. The van der Waals surface area contributed by atoms with E-state index in [1.807, 2.05) is 4.90 Å². The maximum absolute atomic E-state index is 13.8. The second-order valence-electron chi connectivity index (χ2n) is 10.5. The molecule has 2 saturated heterocycles. The summed E-state index contributed by atoms with van der Waals surface area (Å²) >= 11 is 5.80. The van der Waals surface area contributed by atoms with Gasteiger partial charge in [0.1, 0.15) is 6.04 Å². The van der Waals surface area contributed by atoms with Crippen molar-refractivity contribution in [2.24, 2.45) is 5.92 Å². The zero-order valence-corrected chi connectivity index (χ0v) is 25.2. The summed E-state index contributed by atoms with van der Waals surface area (Å²) in [5, 5.41) is 3.15. The molecule has 10 nitrogen and oxygen atoms in total. The van der Waals surface area contributed by atoms with E-state index < -0.39 is 18.0 Å². The summed E-state index contributed by atoms with van der Waals surface area (Å²) in [6.07, 6.45) is 2.15. The fourth-order valence-electron chi connectivity index (χ4n) is 5.11. The van der Waals surface area contributed by atoms with Crippen LogP contribution in [0.1, 0.15) is 60.7 Å². The summed E-state index contributed by atoms with van der Waals surface area (Å²) in [6, 6.07) is 12.1. The molecule has 0 radical (unpaired) electrons. The Morgan fingerprint density at radius 2 is 1.43 bits per heavy atom. The van der Waals surface area contributed by atoms with Gasteiger partial charge in [-0.1, -0.05) is 6.92 Å². The smallest absolute Gasteiger partial charge is 0.338 e. The first-order valence-electron chi connectivity index (χ1n) is 14.4. The number of carbonyl (C=O) groups excluding carboxylic acids is 4. The quantitative estimate of drug-likeness (QED) is 0.304. The highest BCUT2D eigenvalue weighted by Crippen LogP contribution is 2.28. The van der Waals surface area contributed by atoms with Crippen molar-refractivity contribution in [3.05, 3.63) is 59.7 Å². The fourth-order valence-corrected chi connectivity index (χ4v) is 5.53. The SMILES string of the molecule is CCOC(=O)c1ccc(NC(=O)CC2C(=O)N(c3ccc(C(=O)OCC)cc3)C(=S)N2CCN2CCC(C)CC2)cc1. The van der Waals surface area contributed by atoms with Crippen LogP contribution in [0.3, 0.4) is 0 Å². The largest absolute Gasteiger partial charge is 0.462 e. The average Bonchev–Trinajstić information content (AvgIpc) is 3.21. The van der Waals surface area contributed by atoms with Gasteiger partial charge in [0.15, 0.2) is 5.11 Å².